The number of carboxylic acids is 2. The van der Waals surface area contributed by atoms with E-state index in [1.807, 2.05) is 0 Å². The second kappa shape index (κ2) is 13.5. The molecule has 0 unspecified atom stereocenters. The standard InChI is InChI=1S/C8H6O4.C2H6O2.2Na/c9-7(10)5-3-1-2-4-6(5)8(11)12;3-1-2-4;;/h1-4H,(H,9,10)(H,11,12);3-4H,1-2H2;;/q;;2*+1/p-2. The van der Waals surface area contributed by atoms with Gasteiger partial charge in [-0.05, 0) is 0 Å². The van der Waals surface area contributed by atoms with Crippen molar-refractivity contribution < 1.29 is 89.1 Å². The first-order valence-corrected chi connectivity index (χ1v) is 4.28. The van der Waals surface area contributed by atoms with Crippen LogP contribution in [0.1, 0.15) is 20.7 Å². The number of aliphatic hydroxyl groups is 2. The fourth-order valence-electron chi connectivity index (χ4n) is 0.839. The van der Waals surface area contributed by atoms with Crippen LogP contribution in [-0.4, -0.2) is 35.4 Å². The molecule has 0 fully saturated rings. The van der Waals surface area contributed by atoms with Crippen molar-refractivity contribution in [3.8, 4) is 0 Å². The molecule has 6 nitrogen and oxygen atoms in total. The Labute approximate surface area is 148 Å². The maximum absolute atomic E-state index is 10.3. The van der Waals surface area contributed by atoms with Crippen LogP contribution in [0, 0.1) is 0 Å². The van der Waals surface area contributed by atoms with Crippen molar-refractivity contribution >= 4 is 11.9 Å². The van der Waals surface area contributed by atoms with E-state index in [1.54, 1.807) is 0 Å². The van der Waals surface area contributed by atoms with Crippen molar-refractivity contribution in [1.82, 2.24) is 0 Å². The van der Waals surface area contributed by atoms with Gasteiger partial charge in [-0.15, -0.1) is 0 Å². The molecule has 0 saturated carbocycles. The summed E-state index contributed by atoms with van der Waals surface area (Å²) < 4.78 is 0. The smallest absolute Gasteiger partial charge is 0.545 e. The van der Waals surface area contributed by atoms with Gasteiger partial charge in [0.15, 0.2) is 0 Å². The number of hydrogen-bond donors (Lipinski definition) is 2. The molecule has 0 bridgehead atoms. The molecule has 8 heteroatoms. The normalized spacial score (nSPS) is 7.89. The van der Waals surface area contributed by atoms with Crippen molar-refractivity contribution in [3.63, 3.8) is 0 Å². The van der Waals surface area contributed by atoms with Crippen LogP contribution in [0.25, 0.3) is 0 Å². The van der Waals surface area contributed by atoms with Crippen LogP contribution in [0.4, 0.5) is 0 Å². The Morgan fingerprint density at radius 3 is 1.33 bits per heavy atom. The molecule has 1 aromatic rings. The van der Waals surface area contributed by atoms with Crippen LogP contribution in [0.3, 0.4) is 0 Å². The van der Waals surface area contributed by atoms with E-state index < -0.39 is 11.9 Å². The van der Waals surface area contributed by atoms with E-state index in [9.17, 15) is 19.8 Å². The molecule has 0 saturated heterocycles. The number of aliphatic hydroxyl groups excluding tert-OH is 2. The summed E-state index contributed by atoms with van der Waals surface area (Å²) in [6.07, 6.45) is 0. The van der Waals surface area contributed by atoms with Gasteiger partial charge in [-0.3, -0.25) is 0 Å². The van der Waals surface area contributed by atoms with E-state index >= 15 is 0 Å². The fourth-order valence-corrected chi connectivity index (χ4v) is 0.839. The molecule has 1 rings (SSSR count). The summed E-state index contributed by atoms with van der Waals surface area (Å²) in [5.41, 5.74) is -0.727. The first kappa shape index (κ1) is 23.2. The molecule has 0 amide bonds. The van der Waals surface area contributed by atoms with Gasteiger partial charge in [0.2, 0.25) is 0 Å². The summed E-state index contributed by atoms with van der Waals surface area (Å²) >= 11 is 0. The summed E-state index contributed by atoms with van der Waals surface area (Å²) in [6.45, 7) is -0.250. The molecule has 0 spiro atoms. The SMILES string of the molecule is O=C([O-])c1ccccc1C(=O)[O-].OCCO.[Na+].[Na+]. The van der Waals surface area contributed by atoms with Crippen molar-refractivity contribution in [1.29, 1.82) is 0 Å². The van der Waals surface area contributed by atoms with E-state index in [0.29, 0.717) is 0 Å². The van der Waals surface area contributed by atoms with Gasteiger partial charge < -0.3 is 30.0 Å². The van der Waals surface area contributed by atoms with Crippen molar-refractivity contribution in [2.24, 2.45) is 0 Å². The molecule has 0 heterocycles. The van der Waals surface area contributed by atoms with Crippen molar-refractivity contribution in [2.45, 2.75) is 0 Å². The molecule has 0 aliphatic carbocycles. The summed E-state index contributed by atoms with van der Waals surface area (Å²) in [6, 6.07) is 5.14. The zero-order valence-electron chi connectivity index (χ0n) is 10.3. The number of rotatable bonds is 3. The number of hydrogen-bond acceptors (Lipinski definition) is 6. The predicted molar refractivity (Wildman–Crippen MR) is 49.3 cm³/mol. The zero-order chi connectivity index (χ0) is 12.6. The summed E-state index contributed by atoms with van der Waals surface area (Å²) in [5, 5.41) is 35.9. The van der Waals surface area contributed by atoms with Crippen molar-refractivity contribution in [3.05, 3.63) is 35.4 Å². The quantitative estimate of drug-likeness (QED) is 0.527. The van der Waals surface area contributed by atoms with Crippen LogP contribution < -0.4 is 69.3 Å². The Morgan fingerprint density at radius 2 is 1.17 bits per heavy atom. The van der Waals surface area contributed by atoms with Gasteiger partial charge in [0.1, 0.15) is 0 Å². The molecular weight excluding hydrogens is 262 g/mol. The summed E-state index contributed by atoms with van der Waals surface area (Å²) in [7, 11) is 0. The topological polar surface area (TPSA) is 121 Å². The monoisotopic (exact) mass is 272 g/mol. The minimum atomic E-state index is -1.52. The Bertz CT molecular complexity index is 334. The number of carboxylic acid groups (broad SMARTS) is 2. The Kier molecular flexibility index (Phi) is 17.4. The molecule has 1 aromatic carbocycles. The van der Waals surface area contributed by atoms with Crippen LogP contribution in [-0.2, 0) is 0 Å². The largest absolute Gasteiger partial charge is 1.00 e. The molecule has 0 aliphatic heterocycles. The first-order valence-electron chi connectivity index (χ1n) is 4.28. The van der Waals surface area contributed by atoms with Crippen LogP contribution in [0.2, 0.25) is 0 Å². The van der Waals surface area contributed by atoms with Crippen LogP contribution in [0.5, 0.6) is 0 Å². The zero-order valence-corrected chi connectivity index (χ0v) is 14.3. The predicted octanol–water partition coefficient (Wildman–Crippen LogP) is -8.61. The molecule has 0 atom stereocenters. The van der Waals surface area contributed by atoms with E-state index in [1.165, 1.54) is 12.1 Å². The molecule has 0 aliphatic rings. The van der Waals surface area contributed by atoms with Gasteiger partial charge in [-0.2, -0.15) is 0 Å². The van der Waals surface area contributed by atoms with E-state index in [0.717, 1.165) is 12.1 Å². The first-order chi connectivity index (χ1) is 7.54. The second-order valence-corrected chi connectivity index (χ2v) is 2.57. The third-order valence-electron chi connectivity index (χ3n) is 1.47. The van der Waals surface area contributed by atoms with Gasteiger partial charge in [0.25, 0.3) is 0 Å². The maximum Gasteiger partial charge on any atom is 1.00 e. The Hall–Kier alpha value is 0.0800. The molecule has 2 N–H and O–H groups in total. The second-order valence-electron chi connectivity index (χ2n) is 2.57. The molecule has 18 heavy (non-hydrogen) atoms. The summed E-state index contributed by atoms with van der Waals surface area (Å²) in [5.74, 6) is -3.04. The molecular formula is C10H10Na2O6. The third-order valence-corrected chi connectivity index (χ3v) is 1.47. The number of carbonyl (C=O) groups excluding carboxylic acids is 2. The van der Waals surface area contributed by atoms with Gasteiger partial charge in [-0.1, -0.05) is 24.3 Å². The maximum atomic E-state index is 10.3. The minimum Gasteiger partial charge on any atom is -0.545 e. The van der Waals surface area contributed by atoms with Gasteiger partial charge in [0.05, 0.1) is 25.2 Å². The minimum absolute atomic E-state index is 0. The van der Waals surface area contributed by atoms with E-state index in [4.69, 9.17) is 10.2 Å². The fraction of sp³-hybridized carbons (Fsp3) is 0.200. The summed E-state index contributed by atoms with van der Waals surface area (Å²) in [4.78, 5) is 20.6. The van der Waals surface area contributed by atoms with E-state index in [-0.39, 0.29) is 83.5 Å². The van der Waals surface area contributed by atoms with Crippen LogP contribution >= 0.6 is 0 Å². The molecule has 88 valence electrons. The number of benzene rings is 1. The van der Waals surface area contributed by atoms with Crippen LogP contribution in [0.15, 0.2) is 24.3 Å². The Balaban J connectivity index is -0.000000332. The van der Waals surface area contributed by atoms with Gasteiger partial charge >= 0.3 is 59.1 Å². The molecule has 0 aromatic heterocycles. The Morgan fingerprint density at radius 1 is 0.889 bits per heavy atom. The number of carbonyl (C=O) groups is 2. The average Bonchev–Trinajstić information content (AvgIpc) is 2.29. The van der Waals surface area contributed by atoms with E-state index in [2.05, 4.69) is 0 Å². The molecule has 0 radical (unpaired) electrons. The van der Waals surface area contributed by atoms with Gasteiger partial charge in [-0.25, -0.2) is 0 Å². The third kappa shape index (κ3) is 9.07. The van der Waals surface area contributed by atoms with Crippen molar-refractivity contribution in [2.75, 3.05) is 13.2 Å². The average molecular weight is 272 g/mol. The number of aromatic carboxylic acids is 2. The van der Waals surface area contributed by atoms with Gasteiger partial charge in [0, 0.05) is 11.1 Å².